The molecule has 23 heavy (non-hydrogen) atoms. The summed E-state index contributed by atoms with van der Waals surface area (Å²) >= 11 is 0. The highest BCUT2D eigenvalue weighted by molar-refractivity contribution is 5.95. The van der Waals surface area contributed by atoms with Gasteiger partial charge in [0.05, 0.1) is 0 Å². The molecule has 1 aliphatic heterocycles. The van der Waals surface area contributed by atoms with Crippen LogP contribution in [0.15, 0.2) is 48.7 Å². The van der Waals surface area contributed by atoms with E-state index in [2.05, 4.69) is 22.0 Å². The predicted octanol–water partition coefficient (Wildman–Crippen LogP) is 2.84. The minimum absolute atomic E-state index is 0.128. The lowest BCUT2D eigenvalue weighted by Crippen LogP contribution is -2.22. The van der Waals surface area contributed by atoms with Crippen molar-refractivity contribution >= 4 is 16.8 Å². The molecule has 0 radical (unpaired) electrons. The average molecular weight is 308 g/mol. The lowest BCUT2D eigenvalue weighted by Gasteiger charge is -2.05. The number of aromatic nitrogens is 1. The van der Waals surface area contributed by atoms with Crippen LogP contribution in [0.2, 0.25) is 0 Å². The third-order valence-corrected chi connectivity index (χ3v) is 4.05. The van der Waals surface area contributed by atoms with Crippen LogP contribution in [-0.2, 0) is 13.6 Å². The molecular weight excluding hydrogens is 292 g/mol. The first-order chi connectivity index (χ1) is 11.2. The maximum atomic E-state index is 12.3. The number of carbonyl (C=O) groups is 1. The average Bonchev–Trinajstić information content (AvgIpc) is 3.17. The fraction of sp³-hybridized carbons (Fsp3) is 0.167. The summed E-state index contributed by atoms with van der Waals surface area (Å²) < 4.78 is 12.6. The number of hydrogen-bond acceptors (Lipinski definition) is 3. The van der Waals surface area contributed by atoms with Gasteiger partial charge in [-0.15, -0.1) is 0 Å². The van der Waals surface area contributed by atoms with Crippen LogP contribution in [0.4, 0.5) is 0 Å². The van der Waals surface area contributed by atoms with Crippen molar-refractivity contribution in [3.8, 4) is 11.5 Å². The smallest absolute Gasteiger partial charge is 0.251 e. The number of amides is 1. The second-order valence-electron chi connectivity index (χ2n) is 5.53. The first-order valence-electron chi connectivity index (χ1n) is 7.43. The molecule has 5 nitrogen and oxygen atoms in total. The SMILES string of the molecule is Cn1cc(CNC(=O)c2ccc3c(c2)OCO3)c2ccccc21. The summed E-state index contributed by atoms with van der Waals surface area (Å²) in [4.78, 5) is 12.3. The Bertz CT molecular complexity index is 898. The van der Waals surface area contributed by atoms with Gasteiger partial charge in [0, 0.05) is 36.3 Å². The van der Waals surface area contributed by atoms with E-state index in [0.717, 1.165) is 16.5 Å². The number of hydrogen-bond donors (Lipinski definition) is 1. The minimum atomic E-state index is -0.128. The molecule has 5 heteroatoms. The molecular formula is C18H16N2O3. The number of fused-ring (bicyclic) bond motifs is 2. The number of nitrogens with zero attached hydrogens (tertiary/aromatic N) is 1. The molecule has 0 bridgehead atoms. The van der Waals surface area contributed by atoms with Gasteiger partial charge in [-0.05, 0) is 29.8 Å². The van der Waals surface area contributed by atoms with Crippen LogP contribution in [0.5, 0.6) is 11.5 Å². The number of nitrogens with one attached hydrogen (secondary N) is 1. The second-order valence-corrected chi connectivity index (χ2v) is 5.53. The third kappa shape index (κ3) is 2.40. The molecule has 4 rings (SSSR count). The topological polar surface area (TPSA) is 52.5 Å². The Morgan fingerprint density at radius 2 is 2.00 bits per heavy atom. The van der Waals surface area contributed by atoms with Crippen molar-refractivity contribution in [3.05, 3.63) is 59.8 Å². The van der Waals surface area contributed by atoms with E-state index < -0.39 is 0 Å². The number of benzene rings is 2. The monoisotopic (exact) mass is 308 g/mol. The van der Waals surface area contributed by atoms with E-state index in [9.17, 15) is 4.79 Å². The molecule has 0 unspecified atom stereocenters. The molecule has 1 aliphatic rings. The number of ether oxygens (including phenoxy) is 2. The third-order valence-electron chi connectivity index (χ3n) is 4.05. The van der Waals surface area contributed by atoms with E-state index in [-0.39, 0.29) is 12.7 Å². The molecule has 116 valence electrons. The van der Waals surface area contributed by atoms with E-state index in [4.69, 9.17) is 9.47 Å². The molecule has 0 aliphatic carbocycles. The van der Waals surface area contributed by atoms with Crippen molar-refractivity contribution in [1.82, 2.24) is 9.88 Å². The zero-order chi connectivity index (χ0) is 15.8. The molecule has 0 saturated heterocycles. The Balaban J connectivity index is 1.53. The van der Waals surface area contributed by atoms with Crippen LogP contribution in [0.3, 0.4) is 0 Å². The Morgan fingerprint density at radius 1 is 1.17 bits per heavy atom. The zero-order valence-electron chi connectivity index (χ0n) is 12.7. The lowest BCUT2D eigenvalue weighted by atomic mass is 10.1. The van der Waals surface area contributed by atoms with Crippen molar-refractivity contribution in [1.29, 1.82) is 0 Å². The Hall–Kier alpha value is -2.95. The van der Waals surface area contributed by atoms with Gasteiger partial charge >= 0.3 is 0 Å². The van der Waals surface area contributed by atoms with E-state index in [1.165, 1.54) is 0 Å². The van der Waals surface area contributed by atoms with Crippen LogP contribution in [0, 0.1) is 0 Å². The number of para-hydroxylation sites is 1. The van der Waals surface area contributed by atoms with Gasteiger partial charge in [-0.25, -0.2) is 0 Å². The molecule has 0 atom stereocenters. The molecule has 0 saturated carbocycles. The summed E-state index contributed by atoms with van der Waals surface area (Å²) in [6.45, 7) is 0.686. The van der Waals surface area contributed by atoms with Gasteiger partial charge in [0.2, 0.25) is 6.79 Å². The van der Waals surface area contributed by atoms with Crippen LogP contribution < -0.4 is 14.8 Å². The van der Waals surface area contributed by atoms with E-state index in [0.29, 0.717) is 23.6 Å². The Kier molecular flexibility index (Phi) is 3.19. The molecule has 1 N–H and O–H groups in total. The van der Waals surface area contributed by atoms with Gasteiger partial charge in [-0.2, -0.15) is 0 Å². The first-order valence-corrected chi connectivity index (χ1v) is 7.43. The van der Waals surface area contributed by atoms with Crippen LogP contribution >= 0.6 is 0 Å². The molecule has 2 heterocycles. The molecule has 3 aromatic rings. The van der Waals surface area contributed by atoms with Crippen molar-refractivity contribution in [2.75, 3.05) is 6.79 Å². The lowest BCUT2D eigenvalue weighted by molar-refractivity contribution is 0.0950. The maximum Gasteiger partial charge on any atom is 0.251 e. The van der Waals surface area contributed by atoms with Gasteiger partial charge in [0.15, 0.2) is 11.5 Å². The Labute approximate surface area is 133 Å². The first kappa shape index (κ1) is 13.7. The molecule has 0 spiro atoms. The van der Waals surface area contributed by atoms with Crippen molar-refractivity contribution in [3.63, 3.8) is 0 Å². The van der Waals surface area contributed by atoms with Crippen molar-refractivity contribution < 1.29 is 14.3 Å². The van der Waals surface area contributed by atoms with Crippen molar-refractivity contribution in [2.45, 2.75) is 6.54 Å². The highest BCUT2D eigenvalue weighted by Gasteiger charge is 2.16. The van der Waals surface area contributed by atoms with Crippen LogP contribution in [0.25, 0.3) is 10.9 Å². The standard InChI is InChI=1S/C18H16N2O3/c1-20-10-13(14-4-2-3-5-15(14)20)9-19-18(21)12-6-7-16-17(8-12)23-11-22-16/h2-8,10H,9,11H2,1H3,(H,19,21). The summed E-state index contributed by atoms with van der Waals surface area (Å²) in [5.74, 6) is 1.16. The quantitative estimate of drug-likeness (QED) is 0.809. The van der Waals surface area contributed by atoms with E-state index >= 15 is 0 Å². The highest BCUT2D eigenvalue weighted by Crippen LogP contribution is 2.32. The fourth-order valence-electron chi connectivity index (χ4n) is 2.88. The maximum absolute atomic E-state index is 12.3. The summed E-state index contributed by atoms with van der Waals surface area (Å²) in [7, 11) is 2.01. The van der Waals surface area contributed by atoms with Gasteiger partial charge in [-0.1, -0.05) is 18.2 Å². The fourth-order valence-corrected chi connectivity index (χ4v) is 2.88. The van der Waals surface area contributed by atoms with E-state index in [1.807, 2.05) is 25.4 Å². The van der Waals surface area contributed by atoms with Crippen LogP contribution in [0.1, 0.15) is 15.9 Å². The van der Waals surface area contributed by atoms with E-state index in [1.54, 1.807) is 18.2 Å². The van der Waals surface area contributed by atoms with Crippen molar-refractivity contribution in [2.24, 2.45) is 7.05 Å². The summed E-state index contributed by atoms with van der Waals surface area (Å²) in [6.07, 6.45) is 2.05. The number of rotatable bonds is 3. The number of carbonyl (C=O) groups excluding carboxylic acids is 1. The highest BCUT2D eigenvalue weighted by atomic mass is 16.7. The summed E-state index contributed by atoms with van der Waals surface area (Å²) in [6, 6.07) is 13.4. The molecule has 1 aromatic heterocycles. The molecule has 0 fully saturated rings. The van der Waals surface area contributed by atoms with Gasteiger partial charge in [0.25, 0.3) is 5.91 Å². The molecule has 1 amide bonds. The summed E-state index contributed by atoms with van der Waals surface area (Å²) in [5.41, 5.74) is 2.81. The summed E-state index contributed by atoms with van der Waals surface area (Å²) in [5, 5.41) is 4.12. The largest absolute Gasteiger partial charge is 0.454 e. The predicted molar refractivity (Wildman–Crippen MR) is 86.7 cm³/mol. The molecule has 2 aromatic carbocycles. The van der Waals surface area contributed by atoms with Crippen LogP contribution in [-0.4, -0.2) is 17.3 Å². The minimum Gasteiger partial charge on any atom is -0.454 e. The second kappa shape index (κ2) is 5.35. The van der Waals surface area contributed by atoms with Gasteiger partial charge in [0.1, 0.15) is 0 Å². The Morgan fingerprint density at radius 3 is 2.91 bits per heavy atom. The number of aryl methyl sites for hydroxylation is 1. The van der Waals surface area contributed by atoms with Gasteiger partial charge in [-0.3, -0.25) is 4.79 Å². The normalized spacial score (nSPS) is 12.6. The van der Waals surface area contributed by atoms with Gasteiger partial charge < -0.3 is 19.4 Å². The zero-order valence-corrected chi connectivity index (χ0v) is 12.7.